The monoisotopic (exact) mass is 279 g/mol. The first kappa shape index (κ1) is 13.4. The van der Waals surface area contributed by atoms with Gasteiger partial charge in [-0.2, -0.15) is 5.10 Å². The number of halogens is 2. The molecular weight excluding hydrogens is 269 g/mol. The number of benzene rings is 1. The first-order valence-corrected chi connectivity index (χ1v) is 6.03. The minimum absolute atomic E-state index is 0.200. The number of hydrogen-bond acceptors (Lipinski definition) is 3. The van der Waals surface area contributed by atoms with Crippen molar-refractivity contribution < 1.29 is 9.13 Å². The highest BCUT2D eigenvalue weighted by atomic mass is 35.5. The van der Waals surface area contributed by atoms with Crippen molar-refractivity contribution >= 4 is 11.6 Å². The molecule has 1 heterocycles. The molecule has 0 aliphatic rings. The molecule has 0 bridgehead atoms. The second-order valence-corrected chi connectivity index (χ2v) is 3.97. The molecule has 0 aliphatic heterocycles. The lowest BCUT2D eigenvalue weighted by molar-refractivity contribution is 0.288. The second kappa shape index (κ2) is 6.21. The molecule has 0 spiro atoms. The highest BCUT2D eigenvalue weighted by Gasteiger charge is 2.04. The van der Waals surface area contributed by atoms with E-state index in [9.17, 15) is 4.39 Å². The second-order valence-electron chi connectivity index (χ2n) is 3.70. The SMILES string of the molecule is Cn1ncnc1COc1cc(F)cc(C#CCCl)c1. The van der Waals surface area contributed by atoms with Crippen molar-refractivity contribution in [1.29, 1.82) is 0 Å². The summed E-state index contributed by atoms with van der Waals surface area (Å²) in [6, 6.07) is 4.27. The topological polar surface area (TPSA) is 39.9 Å². The van der Waals surface area contributed by atoms with E-state index in [-0.39, 0.29) is 12.5 Å². The minimum Gasteiger partial charge on any atom is -0.485 e. The lowest BCUT2D eigenvalue weighted by Crippen LogP contribution is -2.04. The highest BCUT2D eigenvalue weighted by molar-refractivity contribution is 6.19. The lowest BCUT2D eigenvalue weighted by atomic mass is 10.2. The third-order valence-corrected chi connectivity index (χ3v) is 2.48. The van der Waals surface area contributed by atoms with Crippen LogP contribution in [0.2, 0.25) is 0 Å². The van der Waals surface area contributed by atoms with Crippen LogP contribution in [0, 0.1) is 17.7 Å². The minimum atomic E-state index is -0.408. The van der Waals surface area contributed by atoms with Crippen molar-refractivity contribution in [3.8, 4) is 17.6 Å². The molecule has 0 radical (unpaired) electrons. The van der Waals surface area contributed by atoms with E-state index in [1.165, 1.54) is 18.5 Å². The quantitative estimate of drug-likeness (QED) is 0.638. The lowest BCUT2D eigenvalue weighted by Gasteiger charge is -2.06. The molecule has 1 aromatic heterocycles. The molecule has 1 aromatic carbocycles. The van der Waals surface area contributed by atoms with Crippen molar-refractivity contribution in [2.75, 3.05) is 5.88 Å². The van der Waals surface area contributed by atoms with Crippen molar-refractivity contribution in [2.45, 2.75) is 6.61 Å². The van der Waals surface area contributed by atoms with E-state index in [1.807, 2.05) is 0 Å². The van der Waals surface area contributed by atoms with Crippen LogP contribution in [0.4, 0.5) is 4.39 Å². The van der Waals surface area contributed by atoms with Crippen molar-refractivity contribution in [3.63, 3.8) is 0 Å². The molecule has 0 fully saturated rings. The first-order valence-electron chi connectivity index (χ1n) is 5.50. The van der Waals surface area contributed by atoms with E-state index in [0.29, 0.717) is 17.1 Å². The van der Waals surface area contributed by atoms with Gasteiger partial charge in [-0.15, -0.1) is 11.6 Å². The van der Waals surface area contributed by atoms with Crippen molar-refractivity contribution in [1.82, 2.24) is 14.8 Å². The highest BCUT2D eigenvalue weighted by Crippen LogP contribution is 2.17. The Morgan fingerprint density at radius 3 is 2.95 bits per heavy atom. The molecule has 0 saturated heterocycles. The average molecular weight is 280 g/mol. The zero-order valence-electron chi connectivity index (χ0n) is 10.2. The Labute approximate surface area is 115 Å². The van der Waals surface area contributed by atoms with Gasteiger partial charge in [0.2, 0.25) is 0 Å². The van der Waals surface area contributed by atoms with Crippen LogP contribution in [0.15, 0.2) is 24.5 Å². The summed E-state index contributed by atoms with van der Waals surface area (Å²) in [4.78, 5) is 4.01. The third-order valence-electron chi connectivity index (χ3n) is 2.34. The molecule has 2 aromatic rings. The van der Waals surface area contributed by atoms with Gasteiger partial charge in [-0.3, -0.25) is 4.68 Å². The number of nitrogens with zero attached hydrogens (tertiary/aromatic N) is 3. The normalized spacial score (nSPS) is 9.84. The van der Waals surface area contributed by atoms with Crippen molar-refractivity contribution in [2.24, 2.45) is 7.05 Å². The summed E-state index contributed by atoms with van der Waals surface area (Å²) < 4.78 is 20.4. The molecule has 0 atom stereocenters. The maximum atomic E-state index is 13.4. The maximum absolute atomic E-state index is 13.4. The van der Waals surface area contributed by atoms with E-state index in [0.717, 1.165) is 0 Å². The fraction of sp³-hybridized carbons (Fsp3) is 0.231. The molecule has 2 rings (SSSR count). The van der Waals surface area contributed by atoms with E-state index >= 15 is 0 Å². The number of ether oxygens (including phenoxy) is 1. The van der Waals surface area contributed by atoms with Gasteiger partial charge in [-0.1, -0.05) is 11.8 Å². The Hall–Kier alpha value is -2.06. The zero-order chi connectivity index (χ0) is 13.7. The Kier molecular flexibility index (Phi) is 4.37. The van der Waals surface area contributed by atoms with Crippen LogP contribution in [0.5, 0.6) is 5.75 Å². The molecule has 0 aliphatic carbocycles. The molecule has 6 heteroatoms. The van der Waals surface area contributed by atoms with Gasteiger partial charge < -0.3 is 4.74 Å². The number of alkyl halides is 1. The molecule has 0 amide bonds. The molecule has 0 saturated carbocycles. The van der Waals surface area contributed by atoms with Crippen LogP contribution in [0.25, 0.3) is 0 Å². The fourth-order valence-electron chi connectivity index (χ4n) is 1.45. The number of aromatic nitrogens is 3. The van der Waals surface area contributed by atoms with E-state index < -0.39 is 5.82 Å². The van der Waals surface area contributed by atoms with Gasteiger partial charge in [0.15, 0.2) is 5.82 Å². The summed E-state index contributed by atoms with van der Waals surface area (Å²) >= 11 is 5.46. The van der Waals surface area contributed by atoms with E-state index in [1.54, 1.807) is 17.8 Å². The summed E-state index contributed by atoms with van der Waals surface area (Å²) in [5.41, 5.74) is 0.522. The smallest absolute Gasteiger partial charge is 0.164 e. The van der Waals surface area contributed by atoms with Gasteiger partial charge in [-0.05, 0) is 12.1 Å². The van der Waals surface area contributed by atoms with E-state index in [4.69, 9.17) is 16.3 Å². The third kappa shape index (κ3) is 3.70. The molecule has 0 unspecified atom stereocenters. The van der Waals surface area contributed by atoms with Gasteiger partial charge in [0.25, 0.3) is 0 Å². The van der Waals surface area contributed by atoms with Gasteiger partial charge >= 0.3 is 0 Å². The summed E-state index contributed by atoms with van der Waals surface area (Å²) in [5, 5.41) is 3.92. The number of rotatable bonds is 3. The molecule has 0 N–H and O–H groups in total. The Morgan fingerprint density at radius 2 is 2.26 bits per heavy atom. The number of aryl methyl sites for hydroxylation is 1. The Balaban J connectivity index is 2.12. The largest absolute Gasteiger partial charge is 0.485 e. The predicted octanol–water partition coefficient (Wildman–Crippen LogP) is 2.12. The summed E-state index contributed by atoms with van der Waals surface area (Å²) in [7, 11) is 1.76. The molecule has 98 valence electrons. The summed E-state index contributed by atoms with van der Waals surface area (Å²) in [5.74, 6) is 6.24. The summed E-state index contributed by atoms with van der Waals surface area (Å²) in [6.07, 6.45) is 1.43. The first-order chi connectivity index (χ1) is 9.19. The van der Waals surface area contributed by atoms with Crippen LogP contribution in [-0.2, 0) is 13.7 Å². The van der Waals surface area contributed by atoms with Gasteiger partial charge in [-0.25, -0.2) is 9.37 Å². The summed E-state index contributed by atoms with van der Waals surface area (Å²) in [6.45, 7) is 0.211. The Morgan fingerprint density at radius 1 is 1.42 bits per heavy atom. The van der Waals surface area contributed by atoms with Crippen LogP contribution >= 0.6 is 11.6 Å². The predicted molar refractivity (Wildman–Crippen MR) is 69.3 cm³/mol. The van der Waals surface area contributed by atoms with Crippen LogP contribution in [0.3, 0.4) is 0 Å². The Bertz CT molecular complexity index is 630. The molecular formula is C13H11ClFN3O. The number of hydrogen-bond donors (Lipinski definition) is 0. The molecule has 4 nitrogen and oxygen atoms in total. The van der Waals surface area contributed by atoms with Crippen molar-refractivity contribution in [3.05, 3.63) is 41.7 Å². The van der Waals surface area contributed by atoms with Crippen LogP contribution in [-0.4, -0.2) is 20.6 Å². The van der Waals surface area contributed by atoms with Gasteiger partial charge in [0.1, 0.15) is 24.5 Å². The standard InChI is InChI=1S/C13H11ClFN3O/c1-18-13(16-9-17-18)8-19-12-6-10(3-2-4-14)5-11(15)7-12/h5-7,9H,4,8H2,1H3. The average Bonchev–Trinajstić information content (AvgIpc) is 2.79. The fourth-order valence-corrected chi connectivity index (χ4v) is 1.52. The zero-order valence-corrected chi connectivity index (χ0v) is 11.0. The van der Waals surface area contributed by atoms with E-state index in [2.05, 4.69) is 21.9 Å². The van der Waals surface area contributed by atoms with Gasteiger partial charge in [0.05, 0.1) is 5.88 Å². The van der Waals surface area contributed by atoms with Gasteiger partial charge in [0, 0.05) is 18.7 Å². The van der Waals surface area contributed by atoms with Crippen LogP contribution < -0.4 is 4.74 Å². The maximum Gasteiger partial charge on any atom is 0.164 e. The molecule has 19 heavy (non-hydrogen) atoms. The van der Waals surface area contributed by atoms with Crippen LogP contribution in [0.1, 0.15) is 11.4 Å².